The van der Waals surface area contributed by atoms with Gasteiger partial charge in [-0.3, -0.25) is 4.79 Å². The zero-order chi connectivity index (χ0) is 14.5. The molecule has 0 bridgehead atoms. The van der Waals surface area contributed by atoms with E-state index >= 15 is 0 Å². The molecule has 0 unspecified atom stereocenters. The van der Waals surface area contributed by atoms with Crippen LogP contribution in [0, 0.1) is 0 Å². The summed E-state index contributed by atoms with van der Waals surface area (Å²) >= 11 is 1.43. The quantitative estimate of drug-likeness (QED) is 0.942. The van der Waals surface area contributed by atoms with E-state index in [-0.39, 0.29) is 11.8 Å². The van der Waals surface area contributed by atoms with Gasteiger partial charge in [0, 0.05) is 18.7 Å². The van der Waals surface area contributed by atoms with E-state index in [9.17, 15) is 4.79 Å². The molecular weight excluding hydrogens is 286 g/mol. The minimum Gasteiger partial charge on any atom is -0.381 e. The summed E-state index contributed by atoms with van der Waals surface area (Å²) in [5, 5.41) is 4.77. The molecule has 0 saturated carbocycles. The maximum absolute atomic E-state index is 11.9. The second-order valence-electron chi connectivity index (χ2n) is 4.98. The Morgan fingerprint density at radius 1 is 1.48 bits per heavy atom. The lowest BCUT2D eigenvalue weighted by Gasteiger charge is -2.20. The third-order valence-electron chi connectivity index (χ3n) is 3.43. The van der Waals surface area contributed by atoms with E-state index in [4.69, 9.17) is 4.74 Å². The fraction of sp³-hybridized carbons (Fsp3) is 0.400. The van der Waals surface area contributed by atoms with Crippen LogP contribution in [-0.2, 0) is 11.3 Å². The fourth-order valence-corrected chi connectivity index (χ4v) is 2.96. The molecule has 0 aliphatic carbocycles. The monoisotopic (exact) mass is 303 g/mol. The van der Waals surface area contributed by atoms with Crippen molar-refractivity contribution in [2.24, 2.45) is 0 Å². The summed E-state index contributed by atoms with van der Waals surface area (Å²) in [7, 11) is 0. The lowest BCUT2D eigenvalue weighted by Crippen LogP contribution is -2.23. The Morgan fingerprint density at radius 2 is 2.43 bits per heavy atom. The van der Waals surface area contributed by atoms with Crippen LogP contribution in [0.1, 0.15) is 39.9 Å². The van der Waals surface area contributed by atoms with Crippen molar-refractivity contribution in [2.75, 3.05) is 13.2 Å². The first kappa shape index (κ1) is 14.2. The summed E-state index contributed by atoms with van der Waals surface area (Å²) in [5.41, 5.74) is 0.829. The molecule has 1 aliphatic heterocycles. The number of carbonyl (C=O) groups is 1. The molecule has 1 amide bonds. The van der Waals surface area contributed by atoms with Gasteiger partial charge >= 0.3 is 0 Å². The van der Waals surface area contributed by atoms with Crippen molar-refractivity contribution in [3.63, 3.8) is 0 Å². The summed E-state index contributed by atoms with van der Waals surface area (Å²) in [4.78, 5) is 21.5. The van der Waals surface area contributed by atoms with Gasteiger partial charge in [0.25, 0.3) is 5.91 Å². The molecule has 1 saturated heterocycles. The predicted octanol–water partition coefficient (Wildman–Crippen LogP) is 2.36. The van der Waals surface area contributed by atoms with E-state index in [2.05, 4.69) is 15.3 Å². The highest BCUT2D eigenvalue weighted by molar-refractivity contribution is 7.12. The van der Waals surface area contributed by atoms with E-state index in [0.717, 1.165) is 31.0 Å². The molecule has 2 aromatic rings. The smallest absolute Gasteiger partial charge is 0.261 e. The molecule has 5 nitrogen and oxygen atoms in total. The summed E-state index contributed by atoms with van der Waals surface area (Å²) < 4.78 is 5.48. The van der Waals surface area contributed by atoms with Gasteiger partial charge in [0.05, 0.1) is 23.7 Å². The SMILES string of the molecule is O=C(NCc1ccnc([C@H]2CCCOC2)n1)c1cccs1. The standard InChI is InChI=1S/C15H17N3O2S/c19-15(13-4-2-8-21-13)17-9-12-5-6-16-14(18-12)11-3-1-7-20-10-11/h2,4-6,8,11H,1,3,7,9-10H2,(H,17,19)/t11-/m0/s1. The van der Waals surface area contributed by atoms with Gasteiger partial charge in [-0.15, -0.1) is 11.3 Å². The highest BCUT2D eigenvalue weighted by Gasteiger charge is 2.19. The molecule has 6 heteroatoms. The first-order valence-electron chi connectivity index (χ1n) is 7.04. The second-order valence-corrected chi connectivity index (χ2v) is 5.93. The number of hydrogen-bond acceptors (Lipinski definition) is 5. The molecule has 0 aromatic carbocycles. The zero-order valence-corrected chi connectivity index (χ0v) is 12.4. The van der Waals surface area contributed by atoms with E-state index in [1.807, 2.05) is 23.6 Å². The topological polar surface area (TPSA) is 64.1 Å². The first-order chi connectivity index (χ1) is 10.3. The van der Waals surface area contributed by atoms with Crippen molar-refractivity contribution < 1.29 is 9.53 Å². The largest absolute Gasteiger partial charge is 0.381 e. The van der Waals surface area contributed by atoms with Crippen LogP contribution in [0.5, 0.6) is 0 Å². The summed E-state index contributed by atoms with van der Waals surface area (Å²) in [6, 6.07) is 5.51. The average Bonchev–Trinajstić information content (AvgIpc) is 3.08. The Labute approximate surface area is 127 Å². The number of hydrogen-bond donors (Lipinski definition) is 1. The molecule has 1 fully saturated rings. The first-order valence-corrected chi connectivity index (χ1v) is 7.92. The number of nitrogens with zero attached hydrogens (tertiary/aromatic N) is 2. The van der Waals surface area contributed by atoms with Gasteiger partial charge in [-0.2, -0.15) is 0 Å². The van der Waals surface area contributed by atoms with Crippen molar-refractivity contribution >= 4 is 17.2 Å². The van der Waals surface area contributed by atoms with Crippen LogP contribution in [0.4, 0.5) is 0 Å². The van der Waals surface area contributed by atoms with E-state index in [1.54, 1.807) is 6.20 Å². The maximum atomic E-state index is 11.9. The number of amides is 1. The Kier molecular flexibility index (Phi) is 4.57. The third kappa shape index (κ3) is 3.65. The third-order valence-corrected chi connectivity index (χ3v) is 4.30. The van der Waals surface area contributed by atoms with Crippen molar-refractivity contribution in [1.29, 1.82) is 0 Å². The molecule has 110 valence electrons. The van der Waals surface area contributed by atoms with Crippen molar-refractivity contribution in [3.05, 3.63) is 46.2 Å². The van der Waals surface area contributed by atoms with E-state index in [1.165, 1.54) is 11.3 Å². The lowest BCUT2D eigenvalue weighted by atomic mass is 10.0. The Hall–Kier alpha value is -1.79. The molecular formula is C15H17N3O2S. The highest BCUT2D eigenvalue weighted by atomic mass is 32.1. The Morgan fingerprint density at radius 3 is 3.19 bits per heavy atom. The molecule has 2 aromatic heterocycles. The van der Waals surface area contributed by atoms with Gasteiger partial charge in [-0.05, 0) is 30.4 Å². The van der Waals surface area contributed by atoms with Gasteiger partial charge in [0.1, 0.15) is 5.82 Å². The maximum Gasteiger partial charge on any atom is 0.261 e. The number of aromatic nitrogens is 2. The predicted molar refractivity (Wildman–Crippen MR) is 80.3 cm³/mol. The van der Waals surface area contributed by atoms with Crippen molar-refractivity contribution in [2.45, 2.75) is 25.3 Å². The van der Waals surface area contributed by atoms with Gasteiger partial charge in [0.15, 0.2) is 0 Å². The summed E-state index contributed by atoms with van der Waals surface area (Å²) in [6.45, 7) is 1.93. The molecule has 0 radical (unpaired) electrons. The number of nitrogens with one attached hydrogen (secondary N) is 1. The number of rotatable bonds is 4. The van der Waals surface area contributed by atoms with Crippen LogP contribution in [-0.4, -0.2) is 29.1 Å². The Bertz CT molecular complexity index is 595. The number of thiophene rings is 1. The van der Waals surface area contributed by atoms with Crippen LogP contribution in [0.25, 0.3) is 0 Å². The lowest BCUT2D eigenvalue weighted by molar-refractivity contribution is 0.0779. The van der Waals surface area contributed by atoms with Crippen LogP contribution in [0.15, 0.2) is 29.8 Å². The molecule has 3 rings (SSSR count). The van der Waals surface area contributed by atoms with Gasteiger partial charge in [-0.25, -0.2) is 9.97 Å². The molecule has 1 atom stereocenters. The molecule has 1 N–H and O–H groups in total. The zero-order valence-electron chi connectivity index (χ0n) is 11.6. The van der Waals surface area contributed by atoms with E-state index in [0.29, 0.717) is 18.0 Å². The highest BCUT2D eigenvalue weighted by Crippen LogP contribution is 2.22. The normalized spacial score (nSPS) is 18.4. The van der Waals surface area contributed by atoms with Gasteiger partial charge in [0.2, 0.25) is 0 Å². The van der Waals surface area contributed by atoms with E-state index < -0.39 is 0 Å². The van der Waals surface area contributed by atoms with Crippen LogP contribution >= 0.6 is 11.3 Å². The second kappa shape index (κ2) is 6.78. The van der Waals surface area contributed by atoms with Crippen LogP contribution < -0.4 is 5.32 Å². The minimum absolute atomic E-state index is 0.0637. The van der Waals surface area contributed by atoms with Crippen LogP contribution in [0.3, 0.4) is 0 Å². The molecule has 0 spiro atoms. The number of ether oxygens (including phenoxy) is 1. The van der Waals surface area contributed by atoms with Crippen molar-refractivity contribution in [1.82, 2.24) is 15.3 Å². The minimum atomic E-state index is -0.0637. The molecule has 3 heterocycles. The summed E-state index contributed by atoms with van der Waals surface area (Å²) in [6.07, 6.45) is 3.86. The fourth-order valence-electron chi connectivity index (χ4n) is 2.32. The number of carbonyl (C=O) groups excluding carboxylic acids is 1. The van der Waals surface area contributed by atoms with Gasteiger partial charge in [-0.1, -0.05) is 6.07 Å². The Balaban J connectivity index is 1.62. The van der Waals surface area contributed by atoms with Crippen LogP contribution in [0.2, 0.25) is 0 Å². The van der Waals surface area contributed by atoms with Gasteiger partial charge < -0.3 is 10.1 Å². The van der Waals surface area contributed by atoms with Crippen molar-refractivity contribution in [3.8, 4) is 0 Å². The average molecular weight is 303 g/mol. The summed E-state index contributed by atoms with van der Waals surface area (Å²) in [5.74, 6) is 1.02. The molecule has 1 aliphatic rings. The molecule has 21 heavy (non-hydrogen) atoms.